The summed E-state index contributed by atoms with van der Waals surface area (Å²) in [5.74, 6) is -1.58. The number of aromatic hydroxyl groups is 1. The fourth-order valence-corrected chi connectivity index (χ4v) is 1.96. The molecule has 0 saturated heterocycles. The molecular formula is C12H11N3O4S. The molecule has 0 aliphatic carbocycles. The number of aromatic nitrogens is 2. The maximum atomic E-state index is 11.9. The van der Waals surface area contributed by atoms with Crippen LogP contribution < -0.4 is 16.6 Å². The predicted octanol–water partition coefficient (Wildman–Crippen LogP) is 0.743. The fourth-order valence-electron chi connectivity index (χ4n) is 1.55. The number of rotatable bonds is 3. The van der Waals surface area contributed by atoms with Crippen molar-refractivity contribution in [2.45, 2.75) is 4.90 Å². The second-order valence-electron chi connectivity index (χ2n) is 3.81. The van der Waals surface area contributed by atoms with E-state index in [-0.39, 0.29) is 0 Å². The Kier molecular flexibility index (Phi) is 3.94. The van der Waals surface area contributed by atoms with E-state index in [0.717, 1.165) is 4.90 Å². The van der Waals surface area contributed by atoms with E-state index in [9.17, 15) is 19.5 Å². The second kappa shape index (κ2) is 5.66. The van der Waals surface area contributed by atoms with Gasteiger partial charge in [0.15, 0.2) is 5.56 Å². The molecule has 7 nitrogen and oxygen atoms in total. The Morgan fingerprint density at radius 2 is 1.85 bits per heavy atom. The second-order valence-corrected chi connectivity index (χ2v) is 4.69. The van der Waals surface area contributed by atoms with Crippen LogP contribution in [0.3, 0.4) is 0 Å². The zero-order valence-corrected chi connectivity index (χ0v) is 11.2. The monoisotopic (exact) mass is 293 g/mol. The first-order valence-corrected chi connectivity index (χ1v) is 6.74. The van der Waals surface area contributed by atoms with Crippen molar-refractivity contribution in [1.29, 1.82) is 0 Å². The maximum Gasteiger partial charge on any atom is 0.328 e. The Balaban J connectivity index is 2.28. The van der Waals surface area contributed by atoms with Crippen LogP contribution in [0.25, 0.3) is 0 Å². The molecule has 1 aromatic carbocycles. The van der Waals surface area contributed by atoms with Crippen molar-refractivity contribution in [2.75, 3.05) is 11.6 Å². The predicted molar refractivity (Wildman–Crippen MR) is 75.5 cm³/mol. The van der Waals surface area contributed by atoms with Gasteiger partial charge >= 0.3 is 5.69 Å². The van der Waals surface area contributed by atoms with Gasteiger partial charge in [-0.05, 0) is 30.5 Å². The average Bonchev–Trinajstić information content (AvgIpc) is 2.38. The minimum atomic E-state index is -0.954. The lowest BCUT2D eigenvalue weighted by atomic mass is 10.2. The van der Waals surface area contributed by atoms with Crippen LogP contribution in [0.1, 0.15) is 10.4 Å². The normalized spacial score (nSPS) is 10.2. The molecule has 20 heavy (non-hydrogen) atoms. The Morgan fingerprint density at radius 3 is 2.40 bits per heavy atom. The number of hydrogen-bond donors (Lipinski definition) is 4. The number of carbonyl (C=O) groups excluding carboxylic acids is 1. The number of amides is 1. The highest BCUT2D eigenvalue weighted by atomic mass is 32.2. The third-order valence-electron chi connectivity index (χ3n) is 2.50. The number of hydrogen-bond acceptors (Lipinski definition) is 5. The van der Waals surface area contributed by atoms with Gasteiger partial charge in [-0.2, -0.15) is 0 Å². The Labute approximate surface area is 117 Å². The molecule has 1 heterocycles. The molecule has 0 saturated carbocycles. The summed E-state index contributed by atoms with van der Waals surface area (Å²) in [7, 11) is 0. The smallest absolute Gasteiger partial charge is 0.328 e. The topological polar surface area (TPSA) is 115 Å². The molecule has 8 heteroatoms. The van der Waals surface area contributed by atoms with Crippen molar-refractivity contribution in [2.24, 2.45) is 0 Å². The van der Waals surface area contributed by atoms with Crippen molar-refractivity contribution in [3.8, 4) is 5.88 Å². The lowest BCUT2D eigenvalue weighted by molar-refractivity contribution is 0.102. The molecule has 0 bridgehead atoms. The lowest BCUT2D eigenvalue weighted by Gasteiger charge is -2.06. The number of H-pyrrole nitrogens is 2. The van der Waals surface area contributed by atoms with E-state index in [0.29, 0.717) is 5.69 Å². The quantitative estimate of drug-likeness (QED) is 0.623. The summed E-state index contributed by atoms with van der Waals surface area (Å²) in [5.41, 5.74) is -1.91. The van der Waals surface area contributed by atoms with Crippen LogP contribution in [0.15, 0.2) is 38.8 Å². The van der Waals surface area contributed by atoms with Crippen LogP contribution in [-0.2, 0) is 0 Å². The largest absolute Gasteiger partial charge is 0.494 e. The highest BCUT2D eigenvalue weighted by Crippen LogP contribution is 2.18. The van der Waals surface area contributed by atoms with Crippen molar-refractivity contribution < 1.29 is 9.90 Å². The van der Waals surface area contributed by atoms with Gasteiger partial charge in [-0.25, -0.2) is 4.79 Å². The number of thioether (sulfide) groups is 1. The molecule has 0 unspecified atom stereocenters. The zero-order chi connectivity index (χ0) is 14.7. The number of aromatic amines is 2. The minimum absolute atomic E-state index is 0.470. The van der Waals surface area contributed by atoms with Gasteiger partial charge in [-0.3, -0.25) is 19.6 Å². The first kappa shape index (κ1) is 13.9. The molecule has 1 aromatic heterocycles. The molecule has 0 atom stereocenters. The van der Waals surface area contributed by atoms with Crippen LogP contribution in [0, 0.1) is 0 Å². The van der Waals surface area contributed by atoms with E-state index in [4.69, 9.17) is 0 Å². The molecule has 0 fully saturated rings. The van der Waals surface area contributed by atoms with E-state index in [1.54, 1.807) is 36.0 Å². The first-order valence-electron chi connectivity index (χ1n) is 5.52. The van der Waals surface area contributed by atoms with E-state index in [1.807, 2.05) is 16.2 Å². The third-order valence-corrected chi connectivity index (χ3v) is 3.24. The van der Waals surface area contributed by atoms with Gasteiger partial charge in [0.1, 0.15) is 0 Å². The minimum Gasteiger partial charge on any atom is -0.494 e. The van der Waals surface area contributed by atoms with E-state index < -0.39 is 28.6 Å². The van der Waals surface area contributed by atoms with E-state index in [2.05, 4.69) is 5.32 Å². The molecule has 0 aliphatic rings. The number of benzene rings is 1. The Hall–Kier alpha value is -2.48. The molecule has 0 aliphatic heterocycles. The number of nitrogens with one attached hydrogen (secondary N) is 3. The number of anilines is 1. The summed E-state index contributed by atoms with van der Waals surface area (Å²) < 4.78 is 0. The summed E-state index contributed by atoms with van der Waals surface area (Å²) in [4.78, 5) is 39.1. The van der Waals surface area contributed by atoms with Crippen LogP contribution in [-0.4, -0.2) is 27.2 Å². The van der Waals surface area contributed by atoms with Gasteiger partial charge in [0, 0.05) is 10.6 Å². The highest BCUT2D eigenvalue weighted by molar-refractivity contribution is 7.98. The zero-order valence-electron chi connectivity index (χ0n) is 10.4. The summed E-state index contributed by atoms with van der Waals surface area (Å²) in [5, 5.41) is 11.9. The summed E-state index contributed by atoms with van der Waals surface area (Å²) in [6.07, 6.45) is 1.92. The highest BCUT2D eigenvalue weighted by Gasteiger charge is 2.17. The molecule has 1 amide bonds. The fraction of sp³-hybridized carbons (Fsp3) is 0.0833. The van der Waals surface area contributed by atoms with Crippen LogP contribution in [0.5, 0.6) is 5.88 Å². The third kappa shape index (κ3) is 2.91. The standard InChI is InChI=1S/C12H11N3O4S/c1-20-7-4-2-6(3-5-7)13-9(16)8-10(17)14-12(19)15-11(8)18/h2-5H,1H3,(H,13,16)(H3,14,15,17,18,19). The molecule has 0 radical (unpaired) electrons. The molecule has 2 rings (SSSR count). The van der Waals surface area contributed by atoms with Gasteiger partial charge < -0.3 is 10.4 Å². The van der Waals surface area contributed by atoms with E-state index >= 15 is 0 Å². The van der Waals surface area contributed by atoms with Gasteiger partial charge in [0.2, 0.25) is 5.88 Å². The van der Waals surface area contributed by atoms with Crippen molar-refractivity contribution in [1.82, 2.24) is 9.97 Å². The molecule has 4 N–H and O–H groups in total. The molecule has 0 spiro atoms. The summed E-state index contributed by atoms with van der Waals surface area (Å²) in [6, 6.07) is 6.94. The number of carbonyl (C=O) groups is 1. The summed E-state index contributed by atoms with van der Waals surface area (Å²) >= 11 is 1.55. The Bertz CT molecular complexity index is 749. The molecule has 2 aromatic rings. The van der Waals surface area contributed by atoms with Gasteiger partial charge in [0.25, 0.3) is 11.5 Å². The van der Waals surface area contributed by atoms with Crippen molar-refractivity contribution in [3.63, 3.8) is 0 Å². The van der Waals surface area contributed by atoms with Gasteiger partial charge in [-0.1, -0.05) is 0 Å². The SMILES string of the molecule is CSc1ccc(NC(=O)c2c(O)[nH]c(=O)[nH]c2=O)cc1. The maximum absolute atomic E-state index is 11.9. The van der Waals surface area contributed by atoms with Gasteiger partial charge in [0.05, 0.1) is 0 Å². The molecule has 104 valence electrons. The van der Waals surface area contributed by atoms with Crippen molar-refractivity contribution >= 4 is 23.4 Å². The van der Waals surface area contributed by atoms with E-state index in [1.165, 1.54) is 0 Å². The average molecular weight is 293 g/mol. The first-order chi connectivity index (χ1) is 9.51. The van der Waals surface area contributed by atoms with Crippen molar-refractivity contribution in [3.05, 3.63) is 50.7 Å². The lowest BCUT2D eigenvalue weighted by Crippen LogP contribution is -2.30. The van der Waals surface area contributed by atoms with Crippen LogP contribution >= 0.6 is 11.8 Å². The molecular weight excluding hydrogens is 282 g/mol. The van der Waals surface area contributed by atoms with Crippen LogP contribution in [0.2, 0.25) is 0 Å². The van der Waals surface area contributed by atoms with Gasteiger partial charge in [-0.15, -0.1) is 11.8 Å². The summed E-state index contributed by atoms with van der Waals surface area (Å²) in [6.45, 7) is 0. The van der Waals surface area contributed by atoms with Crippen LogP contribution in [0.4, 0.5) is 5.69 Å². The Morgan fingerprint density at radius 1 is 1.20 bits per heavy atom.